The van der Waals surface area contributed by atoms with Crippen LogP contribution in [0, 0.1) is 0 Å². The number of H-pyrrole nitrogens is 1. The third-order valence-electron chi connectivity index (χ3n) is 5.62. The van der Waals surface area contributed by atoms with Gasteiger partial charge >= 0.3 is 6.18 Å². The van der Waals surface area contributed by atoms with Crippen molar-refractivity contribution in [1.82, 2.24) is 9.97 Å². The molecule has 0 saturated carbocycles. The van der Waals surface area contributed by atoms with Crippen LogP contribution in [0.15, 0.2) is 60.7 Å². The Morgan fingerprint density at radius 2 is 1.50 bits per heavy atom. The molecule has 4 aromatic rings. The molecule has 1 N–H and O–H groups in total. The Morgan fingerprint density at radius 3 is 2.22 bits per heavy atom. The average Bonchev–Trinajstić information content (AvgIpc) is 3.33. The zero-order chi connectivity index (χ0) is 22.2. The molecule has 0 fully saturated rings. The molecule has 3 aromatic carbocycles. The fraction of sp³-hybridized carbons (Fsp3) is 0.0417. The van der Waals surface area contributed by atoms with E-state index in [2.05, 4.69) is 4.98 Å². The van der Waals surface area contributed by atoms with Gasteiger partial charge in [-0.05, 0) is 29.8 Å². The third-order valence-corrected chi connectivity index (χ3v) is 7.37. The first-order chi connectivity index (χ1) is 15.3. The van der Waals surface area contributed by atoms with E-state index in [1.54, 1.807) is 12.1 Å². The van der Waals surface area contributed by atoms with Crippen molar-refractivity contribution in [2.75, 3.05) is 0 Å². The van der Waals surface area contributed by atoms with Crippen LogP contribution in [-0.4, -0.2) is 9.97 Å². The number of nitrogens with one attached hydrogen (secondary N) is 1. The number of benzene rings is 3. The number of halogens is 5. The van der Waals surface area contributed by atoms with Gasteiger partial charge in [0.15, 0.2) is 0 Å². The van der Waals surface area contributed by atoms with E-state index in [1.165, 1.54) is 23.5 Å². The van der Waals surface area contributed by atoms with E-state index in [4.69, 9.17) is 28.2 Å². The quantitative estimate of drug-likeness (QED) is 0.246. The fourth-order valence-corrected chi connectivity index (χ4v) is 5.84. The number of aromatic nitrogens is 2. The van der Waals surface area contributed by atoms with E-state index in [0.717, 1.165) is 54.8 Å². The smallest absolute Gasteiger partial charge is 0.353 e. The molecule has 0 spiro atoms. The van der Waals surface area contributed by atoms with Gasteiger partial charge in [0.25, 0.3) is 0 Å². The minimum absolute atomic E-state index is 0.546. The van der Waals surface area contributed by atoms with Gasteiger partial charge in [0.1, 0.15) is 5.01 Å². The third kappa shape index (κ3) is 2.83. The normalized spacial score (nSPS) is 12.5. The van der Waals surface area contributed by atoms with Crippen LogP contribution in [0.3, 0.4) is 0 Å². The molecule has 6 rings (SSSR count). The van der Waals surface area contributed by atoms with Gasteiger partial charge in [0.05, 0.1) is 32.2 Å². The van der Waals surface area contributed by atoms with Crippen molar-refractivity contribution < 1.29 is 13.2 Å². The lowest BCUT2D eigenvalue weighted by Crippen LogP contribution is -2.03. The molecule has 158 valence electrons. The molecule has 0 amide bonds. The molecular weight excluding hydrogens is 476 g/mol. The second kappa shape index (κ2) is 6.85. The standard InChI is InChI=1S/C24H11Cl2F3N2S/c25-15-5-1-3-13-17-21(30-19(13)15)18-14-4-2-6-16(26)20(14)31-23(18)32-22(17)11-7-9-12(10-8-11)24(27,28)29/h1-10,30H. The van der Waals surface area contributed by atoms with Crippen LogP contribution in [0.25, 0.3) is 53.7 Å². The van der Waals surface area contributed by atoms with Gasteiger partial charge in [-0.1, -0.05) is 59.6 Å². The van der Waals surface area contributed by atoms with Crippen molar-refractivity contribution in [1.29, 1.82) is 0 Å². The predicted octanol–water partition coefficient (Wildman–Crippen LogP) is 9.03. The predicted molar refractivity (Wildman–Crippen MR) is 126 cm³/mol. The Morgan fingerprint density at radius 1 is 0.812 bits per heavy atom. The molecule has 0 bridgehead atoms. The highest BCUT2D eigenvalue weighted by atomic mass is 35.5. The molecule has 32 heavy (non-hydrogen) atoms. The van der Waals surface area contributed by atoms with Crippen LogP contribution in [0.1, 0.15) is 5.56 Å². The molecule has 2 nitrogen and oxygen atoms in total. The number of rotatable bonds is 1. The second-order valence-electron chi connectivity index (χ2n) is 7.47. The zero-order valence-corrected chi connectivity index (χ0v) is 18.3. The topological polar surface area (TPSA) is 28.7 Å². The lowest BCUT2D eigenvalue weighted by Gasteiger charge is -2.10. The van der Waals surface area contributed by atoms with Gasteiger partial charge in [-0.15, -0.1) is 11.3 Å². The molecule has 2 aliphatic heterocycles. The Hall–Kier alpha value is -2.80. The summed E-state index contributed by atoms with van der Waals surface area (Å²) in [6.07, 6.45) is -4.39. The molecule has 0 radical (unpaired) electrons. The highest BCUT2D eigenvalue weighted by molar-refractivity contribution is 7.19. The minimum atomic E-state index is -4.39. The maximum atomic E-state index is 13.1. The number of aromatic amines is 1. The van der Waals surface area contributed by atoms with Gasteiger partial charge in [-0.2, -0.15) is 13.2 Å². The summed E-state index contributed by atoms with van der Waals surface area (Å²) >= 11 is 14.3. The molecule has 0 aliphatic carbocycles. The van der Waals surface area contributed by atoms with Crippen LogP contribution in [0.4, 0.5) is 13.2 Å². The number of hydrogen-bond donors (Lipinski definition) is 1. The summed E-state index contributed by atoms with van der Waals surface area (Å²) in [5, 5.41) is 4.57. The Kier molecular flexibility index (Phi) is 4.25. The van der Waals surface area contributed by atoms with Crippen molar-refractivity contribution >= 4 is 67.2 Å². The van der Waals surface area contributed by atoms with E-state index in [1.807, 2.05) is 24.3 Å². The lowest BCUT2D eigenvalue weighted by atomic mass is 10.0. The van der Waals surface area contributed by atoms with Gasteiger partial charge in [0, 0.05) is 26.6 Å². The van der Waals surface area contributed by atoms with Crippen LogP contribution in [0.2, 0.25) is 10.0 Å². The first-order valence-electron chi connectivity index (χ1n) is 9.61. The highest BCUT2D eigenvalue weighted by Gasteiger charge is 2.30. The molecule has 0 unspecified atom stereocenters. The number of para-hydroxylation sites is 2. The number of alkyl halides is 3. The largest absolute Gasteiger partial charge is 0.416 e. The minimum Gasteiger partial charge on any atom is -0.353 e. The molecule has 3 heterocycles. The molecule has 0 atom stereocenters. The van der Waals surface area contributed by atoms with Crippen LogP contribution >= 0.6 is 34.5 Å². The summed E-state index contributed by atoms with van der Waals surface area (Å²) in [6.45, 7) is 0. The van der Waals surface area contributed by atoms with Gasteiger partial charge < -0.3 is 4.98 Å². The summed E-state index contributed by atoms with van der Waals surface area (Å²) in [5.41, 5.74) is 3.21. The van der Waals surface area contributed by atoms with Crippen molar-refractivity contribution in [3.8, 4) is 21.0 Å². The van der Waals surface area contributed by atoms with Crippen LogP contribution < -0.4 is 0 Å². The molecule has 0 saturated heterocycles. The maximum absolute atomic E-state index is 13.1. The van der Waals surface area contributed by atoms with Crippen LogP contribution in [-0.2, 0) is 6.18 Å². The zero-order valence-electron chi connectivity index (χ0n) is 16.0. The summed E-state index contributed by atoms with van der Waals surface area (Å²) in [5.74, 6) is 0. The lowest BCUT2D eigenvalue weighted by molar-refractivity contribution is -0.137. The van der Waals surface area contributed by atoms with Crippen molar-refractivity contribution in [3.63, 3.8) is 0 Å². The molecule has 1 aromatic heterocycles. The monoisotopic (exact) mass is 486 g/mol. The Balaban J connectivity index is 1.77. The van der Waals surface area contributed by atoms with Crippen molar-refractivity contribution in [2.45, 2.75) is 6.18 Å². The van der Waals surface area contributed by atoms with Gasteiger partial charge in [-0.3, -0.25) is 0 Å². The molecule has 8 heteroatoms. The first-order valence-corrected chi connectivity index (χ1v) is 11.2. The van der Waals surface area contributed by atoms with E-state index in [-0.39, 0.29) is 0 Å². The highest BCUT2D eigenvalue weighted by Crippen LogP contribution is 2.49. The van der Waals surface area contributed by atoms with E-state index < -0.39 is 11.7 Å². The van der Waals surface area contributed by atoms with E-state index in [0.29, 0.717) is 21.1 Å². The Labute approximate surface area is 193 Å². The van der Waals surface area contributed by atoms with Gasteiger partial charge in [-0.25, -0.2) is 4.98 Å². The van der Waals surface area contributed by atoms with Crippen molar-refractivity contribution in [2.24, 2.45) is 0 Å². The summed E-state index contributed by atoms with van der Waals surface area (Å²) in [7, 11) is 0. The SMILES string of the molecule is FC(F)(F)c1ccc(-c2sc3nc4c(Cl)cccc4c-3c3[nH]c4c(Cl)cccc4c23)cc1. The number of nitrogens with zero attached hydrogens (tertiary/aromatic N) is 1. The summed E-state index contributed by atoms with van der Waals surface area (Å²) < 4.78 is 39.3. The number of hydrogen-bond acceptors (Lipinski definition) is 2. The molecular formula is C24H11Cl2F3N2S. The number of fused-ring (bicyclic) bond motifs is 7. The molecule has 2 aliphatic rings. The summed E-state index contributed by atoms with van der Waals surface area (Å²) in [6, 6.07) is 16.5. The van der Waals surface area contributed by atoms with Crippen LogP contribution in [0.5, 0.6) is 0 Å². The van der Waals surface area contributed by atoms with E-state index in [9.17, 15) is 13.2 Å². The fourth-order valence-electron chi connectivity index (χ4n) is 4.19. The van der Waals surface area contributed by atoms with Gasteiger partial charge in [0.2, 0.25) is 0 Å². The first kappa shape index (κ1) is 19.9. The maximum Gasteiger partial charge on any atom is 0.416 e. The average molecular weight is 487 g/mol. The summed E-state index contributed by atoms with van der Waals surface area (Å²) in [4.78, 5) is 9.01. The Bertz CT molecular complexity index is 1630. The van der Waals surface area contributed by atoms with Crippen molar-refractivity contribution in [3.05, 3.63) is 76.3 Å². The van der Waals surface area contributed by atoms with E-state index >= 15 is 0 Å². The second-order valence-corrected chi connectivity index (χ2v) is 9.29.